The molecule has 3 rings (SSSR count). The maximum atomic E-state index is 12.6. The smallest absolute Gasteiger partial charge is 0.243 e. The molecule has 5 nitrogen and oxygen atoms in total. The van der Waals surface area contributed by atoms with E-state index in [2.05, 4.69) is 4.90 Å². The lowest BCUT2D eigenvalue weighted by molar-refractivity contribution is 0.180. The Morgan fingerprint density at radius 2 is 1.75 bits per heavy atom. The summed E-state index contributed by atoms with van der Waals surface area (Å²) in [6.07, 6.45) is 2.53. The Bertz CT molecular complexity index is 583. The number of hydrogen-bond acceptors (Lipinski definition) is 4. The minimum absolute atomic E-state index is 0.315. The maximum Gasteiger partial charge on any atom is 0.243 e. The van der Waals surface area contributed by atoms with Gasteiger partial charge >= 0.3 is 0 Å². The van der Waals surface area contributed by atoms with E-state index in [1.807, 2.05) is 6.92 Å². The molecular formula is C14H21N3O2S. The van der Waals surface area contributed by atoms with Crippen molar-refractivity contribution in [2.75, 3.05) is 31.9 Å². The number of rotatable bonds is 3. The standard InChI is InChI=1S/C14H21N3O2S/c1-11-8-12(15)10-14(9-11)20(18,19)17-6-4-16(5-7-17)13-2-3-13/h8-10,13H,2-7,15H2,1H3. The number of aryl methyl sites for hydroxylation is 1. The van der Waals surface area contributed by atoms with Gasteiger partial charge in [-0.3, -0.25) is 4.90 Å². The highest BCUT2D eigenvalue weighted by Crippen LogP contribution is 2.29. The number of anilines is 1. The number of nitrogens with two attached hydrogens (primary N) is 1. The topological polar surface area (TPSA) is 66.6 Å². The van der Waals surface area contributed by atoms with Gasteiger partial charge in [0.05, 0.1) is 4.90 Å². The Hall–Kier alpha value is -1.11. The van der Waals surface area contributed by atoms with Crippen LogP contribution in [0.4, 0.5) is 5.69 Å². The highest BCUT2D eigenvalue weighted by molar-refractivity contribution is 7.89. The number of nitrogen functional groups attached to an aromatic ring is 1. The van der Waals surface area contributed by atoms with Gasteiger partial charge in [-0.05, 0) is 43.5 Å². The van der Waals surface area contributed by atoms with Gasteiger partial charge in [-0.2, -0.15) is 4.31 Å². The first-order chi connectivity index (χ1) is 9.46. The minimum Gasteiger partial charge on any atom is -0.399 e. The van der Waals surface area contributed by atoms with E-state index < -0.39 is 10.0 Å². The number of benzene rings is 1. The second-order valence-electron chi connectivity index (χ2n) is 5.75. The van der Waals surface area contributed by atoms with Crippen LogP contribution in [0.2, 0.25) is 0 Å². The minimum atomic E-state index is -3.41. The summed E-state index contributed by atoms with van der Waals surface area (Å²) < 4.78 is 26.9. The van der Waals surface area contributed by atoms with Crippen LogP contribution in [0.15, 0.2) is 23.1 Å². The molecule has 110 valence electrons. The normalized spacial score (nSPS) is 22.1. The van der Waals surface area contributed by atoms with E-state index in [4.69, 9.17) is 5.73 Å². The summed E-state index contributed by atoms with van der Waals surface area (Å²) in [5, 5.41) is 0. The van der Waals surface area contributed by atoms with Gasteiger partial charge in [-0.25, -0.2) is 8.42 Å². The Kier molecular flexibility index (Phi) is 3.48. The third kappa shape index (κ3) is 2.68. The van der Waals surface area contributed by atoms with Crippen molar-refractivity contribution in [3.63, 3.8) is 0 Å². The predicted octanol–water partition coefficient (Wildman–Crippen LogP) is 1.05. The molecule has 0 unspecified atom stereocenters. The number of nitrogens with zero attached hydrogens (tertiary/aromatic N) is 2. The van der Waals surface area contributed by atoms with Gasteiger partial charge in [-0.15, -0.1) is 0 Å². The Morgan fingerprint density at radius 1 is 1.10 bits per heavy atom. The van der Waals surface area contributed by atoms with Crippen molar-refractivity contribution >= 4 is 15.7 Å². The zero-order chi connectivity index (χ0) is 14.3. The second-order valence-corrected chi connectivity index (χ2v) is 7.69. The molecule has 1 heterocycles. The molecule has 6 heteroatoms. The molecule has 0 amide bonds. The molecule has 1 aromatic rings. The zero-order valence-corrected chi connectivity index (χ0v) is 12.6. The first kappa shape index (κ1) is 13.9. The molecule has 0 atom stereocenters. The summed E-state index contributed by atoms with van der Waals surface area (Å²) in [5.41, 5.74) is 7.14. The van der Waals surface area contributed by atoms with Crippen molar-refractivity contribution in [1.29, 1.82) is 0 Å². The van der Waals surface area contributed by atoms with Gasteiger partial charge in [-0.1, -0.05) is 0 Å². The van der Waals surface area contributed by atoms with Crippen LogP contribution in [0.25, 0.3) is 0 Å². The van der Waals surface area contributed by atoms with Crippen LogP contribution in [0, 0.1) is 6.92 Å². The molecule has 0 spiro atoms. The Morgan fingerprint density at radius 3 is 2.30 bits per heavy atom. The van der Waals surface area contributed by atoms with Crippen LogP contribution in [-0.2, 0) is 10.0 Å². The molecule has 2 N–H and O–H groups in total. The van der Waals surface area contributed by atoms with Gasteiger partial charge < -0.3 is 5.73 Å². The second kappa shape index (κ2) is 5.02. The molecule has 0 radical (unpaired) electrons. The summed E-state index contributed by atoms with van der Waals surface area (Å²) >= 11 is 0. The van der Waals surface area contributed by atoms with E-state index in [-0.39, 0.29) is 0 Å². The Labute approximate surface area is 120 Å². The van der Waals surface area contributed by atoms with Crippen LogP contribution in [0.1, 0.15) is 18.4 Å². The maximum absolute atomic E-state index is 12.6. The van der Waals surface area contributed by atoms with Crippen LogP contribution in [0.3, 0.4) is 0 Å². The lowest BCUT2D eigenvalue weighted by Crippen LogP contribution is -2.49. The fourth-order valence-corrected chi connectivity index (χ4v) is 4.39. The zero-order valence-electron chi connectivity index (χ0n) is 11.7. The molecular weight excluding hydrogens is 274 g/mol. The highest BCUT2D eigenvalue weighted by Gasteiger charge is 2.34. The molecule has 2 aliphatic rings. The fraction of sp³-hybridized carbons (Fsp3) is 0.571. The van der Waals surface area contributed by atoms with Crippen LogP contribution < -0.4 is 5.73 Å². The van der Waals surface area contributed by atoms with Gasteiger partial charge in [0.1, 0.15) is 0 Å². The van der Waals surface area contributed by atoms with E-state index in [1.54, 1.807) is 22.5 Å². The Balaban J connectivity index is 1.77. The number of sulfonamides is 1. The molecule has 1 aliphatic heterocycles. The molecule has 20 heavy (non-hydrogen) atoms. The van der Waals surface area contributed by atoms with E-state index in [1.165, 1.54) is 12.8 Å². The third-order valence-electron chi connectivity index (χ3n) is 4.05. The van der Waals surface area contributed by atoms with Gasteiger partial charge in [0, 0.05) is 37.9 Å². The molecule has 1 saturated heterocycles. The van der Waals surface area contributed by atoms with Crippen LogP contribution >= 0.6 is 0 Å². The van der Waals surface area contributed by atoms with Crippen molar-refractivity contribution in [3.05, 3.63) is 23.8 Å². The predicted molar refractivity (Wildman–Crippen MR) is 78.9 cm³/mol. The lowest BCUT2D eigenvalue weighted by atomic mass is 10.2. The van der Waals surface area contributed by atoms with Crippen molar-refractivity contribution < 1.29 is 8.42 Å². The molecule has 0 bridgehead atoms. The number of piperazine rings is 1. The summed E-state index contributed by atoms with van der Waals surface area (Å²) in [6.45, 7) is 4.69. The van der Waals surface area contributed by atoms with E-state index >= 15 is 0 Å². The van der Waals surface area contributed by atoms with Gasteiger partial charge in [0.25, 0.3) is 0 Å². The van der Waals surface area contributed by atoms with Crippen molar-refractivity contribution in [3.8, 4) is 0 Å². The quantitative estimate of drug-likeness (QED) is 0.846. The van der Waals surface area contributed by atoms with Crippen molar-refractivity contribution in [2.24, 2.45) is 0 Å². The number of hydrogen-bond donors (Lipinski definition) is 1. The summed E-state index contributed by atoms with van der Waals surface area (Å²) in [7, 11) is -3.41. The van der Waals surface area contributed by atoms with Gasteiger partial charge in [0.15, 0.2) is 0 Å². The monoisotopic (exact) mass is 295 g/mol. The summed E-state index contributed by atoms with van der Waals surface area (Å²) in [6, 6.07) is 5.73. The molecule has 1 aromatic carbocycles. The first-order valence-corrected chi connectivity index (χ1v) is 8.52. The fourth-order valence-electron chi connectivity index (χ4n) is 2.82. The average molecular weight is 295 g/mol. The summed E-state index contributed by atoms with van der Waals surface area (Å²) in [4.78, 5) is 2.71. The van der Waals surface area contributed by atoms with E-state index in [9.17, 15) is 8.42 Å². The van der Waals surface area contributed by atoms with Crippen LogP contribution in [0.5, 0.6) is 0 Å². The van der Waals surface area contributed by atoms with Crippen molar-refractivity contribution in [1.82, 2.24) is 9.21 Å². The molecule has 1 saturated carbocycles. The molecule has 0 aromatic heterocycles. The molecule has 1 aliphatic carbocycles. The van der Waals surface area contributed by atoms with E-state index in [0.29, 0.717) is 29.7 Å². The highest BCUT2D eigenvalue weighted by atomic mass is 32.2. The first-order valence-electron chi connectivity index (χ1n) is 7.08. The largest absolute Gasteiger partial charge is 0.399 e. The van der Waals surface area contributed by atoms with Crippen molar-refractivity contribution in [2.45, 2.75) is 30.7 Å². The van der Waals surface area contributed by atoms with Gasteiger partial charge in [0.2, 0.25) is 10.0 Å². The molecule has 2 fully saturated rings. The summed E-state index contributed by atoms with van der Waals surface area (Å²) in [5.74, 6) is 0. The van der Waals surface area contributed by atoms with Crippen LogP contribution in [-0.4, -0.2) is 49.8 Å². The third-order valence-corrected chi connectivity index (χ3v) is 5.92. The SMILES string of the molecule is Cc1cc(N)cc(S(=O)(=O)N2CCN(C3CC3)CC2)c1. The average Bonchev–Trinajstić information content (AvgIpc) is 3.22. The lowest BCUT2D eigenvalue weighted by Gasteiger charge is -2.34. The van der Waals surface area contributed by atoms with E-state index in [0.717, 1.165) is 18.7 Å².